The summed E-state index contributed by atoms with van der Waals surface area (Å²) < 4.78 is 13.2. The lowest BCUT2D eigenvalue weighted by Crippen LogP contribution is -2.11. The zero-order valence-electron chi connectivity index (χ0n) is 6.80. The summed E-state index contributed by atoms with van der Waals surface area (Å²) in [4.78, 5) is 0. The molecule has 0 aliphatic carbocycles. The second-order valence-electron chi connectivity index (χ2n) is 2.90. The predicted molar refractivity (Wildman–Crippen MR) is 50.2 cm³/mol. The molecule has 0 aromatic heterocycles. The molecule has 0 saturated carbocycles. The number of hydrogen-bond acceptors (Lipinski definition) is 2. The Bertz CT molecular complexity index is 351. The lowest BCUT2D eigenvalue weighted by molar-refractivity contribution is 0.549. The highest BCUT2D eigenvalue weighted by molar-refractivity contribution is 6.65. The van der Waals surface area contributed by atoms with E-state index in [4.69, 9.17) is 11.6 Å². The molecule has 1 unspecified atom stereocenters. The van der Waals surface area contributed by atoms with Gasteiger partial charge >= 0.3 is 0 Å². The summed E-state index contributed by atoms with van der Waals surface area (Å²) in [5, 5.41) is 4.29. The second kappa shape index (κ2) is 3.34. The van der Waals surface area contributed by atoms with Gasteiger partial charge in [0.15, 0.2) is 0 Å². The number of halogens is 2. The molecule has 1 aromatic rings. The lowest BCUT2D eigenvalue weighted by atomic mass is 10.1. The highest BCUT2D eigenvalue weighted by atomic mass is 35.5. The van der Waals surface area contributed by atoms with Crippen LogP contribution < -0.4 is 5.43 Å². The van der Waals surface area contributed by atoms with E-state index < -0.39 is 0 Å². The summed E-state index contributed by atoms with van der Waals surface area (Å²) in [5.41, 5.74) is 3.39. The van der Waals surface area contributed by atoms with Crippen molar-refractivity contribution in [1.82, 2.24) is 5.43 Å². The molecule has 2 nitrogen and oxygen atoms in total. The molecule has 0 bridgehead atoms. The molecule has 1 N–H and O–H groups in total. The van der Waals surface area contributed by atoms with E-state index in [-0.39, 0.29) is 11.9 Å². The zero-order valence-corrected chi connectivity index (χ0v) is 7.55. The van der Waals surface area contributed by atoms with Crippen LogP contribution in [0.5, 0.6) is 0 Å². The largest absolute Gasteiger partial charge is 0.301 e. The Labute approximate surface area is 80.4 Å². The van der Waals surface area contributed by atoms with Crippen molar-refractivity contribution in [3.05, 3.63) is 35.6 Å². The van der Waals surface area contributed by atoms with Crippen molar-refractivity contribution in [2.24, 2.45) is 5.10 Å². The van der Waals surface area contributed by atoms with Crippen LogP contribution in [0.25, 0.3) is 0 Å². The maximum Gasteiger partial charge on any atom is 0.128 e. The standard InChI is InChI=1S/C9H8ClFN2/c10-9-5-8(12-13-9)6-3-1-2-4-7(6)11/h1-4,8,12H,5H2. The molecule has 0 radical (unpaired) electrons. The van der Waals surface area contributed by atoms with Crippen LogP contribution in [0, 0.1) is 5.82 Å². The highest BCUT2D eigenvalue weighted by Crippen LogP contribution is 2.24. The van der Waals surface area contributed by atoms with E-state index in [1.54, 1.807) is 18.2 Å². The molecule has 1 heterocycles. The minimum atomic E-state index is -0.221. The van der Waals surface area contributed by atoms with Crippen LogP contribution >= 0.6 is 11.6 Å². The smallest absolute Gasteiger partial charge is 0.128 e. The van der Waals surface area contributed by atoms with Crippen molar-refractivity contribution < 1.29 is 4.39 Å². The van der Waals surface area contributed by atoms with Gasteiger partial charge in [-0.1, -0.05) is 29.8 Å². The van der Waals surface area contributed by atoms with Crippen LogP contribution in [0.1, 0.15) is 18.0 Å². The average molecular weight is 199 g/mol. The Morgan fingerprint density at radius 1 is 1.46 bits per heavy atom. The predicted octanol–water partition coefficient (Wildman–Crippen LogP) is 2.41. The summed E-state index contributed by atoms with van der Waals surface area (Å²) in [6, 6.07) is 6.51. The Morgan fingerprint density at radius 2 is 2.23 bits per heavy atom. The molecule has 1 aliphatic heterocycles. The van der Waals surface area contributed by atoms with Crippen LogP contribution in [0.2, 0.25) is 0 Å². The van der Waals surface area contributed by atoms with E-state index in [9.17, 15) is 4.39 Å². The molecular formula is C9H8ClFN2. The number of hydrogen-bond donors (Lipinski definition) is 1. The van der Waals surface area contributed by atoms with Crippen molar-refractivity contribution >= 4 is 16.8 Å². The summed E-state index contributed by atoms with van der Waals surface area (Å²) in [5.74, 6) is -0.221. The molecule has 0 spiro atoms. The first-order valence-electron chi connectivity index (χ1n) is 3.99. The summed E-state index contributed by atoms with van der Waals surface area (Å²) in [6.07, 6.45) is 0.558. The van der Waals surface area contributed by atoms with E-state index >= 15 is 0 Å². The number of benzene rings is 1. The van der Waals surface area contributed by atoms with E-state index in [0.717, 1.165) is 0 Å². The van der Waals surface area contributed by atoms with Gasteiger partial charge < -0.3 is 5.43 Å². The second-order valence-corrected chi connectivity index (χ2v) is 3.33. The van der Waals surface area contributed by atoms with Crippen molar-refractivity contribution in [1.29, 1.82) is 0 Å². The van der Waals surface area contributed by atoms with Gasteiger partial charge in [0.05, 0.1) is 6.04 Å². The molecule has 0 fully saturated rings. The van der Waals surface area contributed by atoms with Crippen molar-refractivity contribution in [3.63, 3.8) is 0 Å². The number of hydrazone groups is 1. The fraction of sp³-hybridized carbons (Fsp3) is 0.222. The number of nitrogens with one attached hydrogen (secondary N) is 1. The molecule has 4 heteroatoms. The zero-order chi connectivity index (χ0) is 9.26. The van der Waals surface area contributed by atoms with Gasteiger partial charge in [-0.3, -0.25) is 0 Å². The fourth-order valence-corrected chi connectivity index (χ4v) is 1.55. The number of rotatable bonds is 1. The molecule has 1 aliphatic rings. The van der Waals surface area contributed by atoms with Crippen molar-refractivity contribution in [3.8, 4) is 0 Å². The van der Waals surface area contributed by atoms with E-state index in [1.165, 1.54) is 6.07 Å². The number of nitrogens with zero attached hydrogens (tertiary/aromatic N) is 1. The van der Waals surface area contributed by atoms with Gasteiger partial charge in [0.25, 0.3) is 0 Å². The first-order chi connectivity index (χ1) is 6.27. The summed E-state index contributed by atoms with van der Waals surface area (Å²) in [7, 11) is 0. The van der Waals surface area contributed by atoms with E-state index in [0.29, 0.717) is 17.2 Å². The van der Waals surface area contributed by atoms with Crippen molar-refractivity contribution in [2.75, 3.05) is 0 Å². The minimum absolute atomic E-state index is 0.117. The van der Waals surface area contributed by atoms with Crippen LogP contribution in [-0.2, 0) is 0 Å². The molecule has 13 heavy (non-hydrogen) atoms. The molecule has 68 valence electrons. The van der Waals surface area contributed by atoms with Gasteiger partial charge in [-0.2, -0.15) is 5.10 Å². The molecule has 0 saturated heterocycles. The maximum atomic E-state index is 13.2. The third kappa shape index (κ3) is 1.65. The first-order valence-corrected chi connectivity index (χ1v) is 4.37. The Hall–Kier alpha value is -1.09. The van der Waals surface area contributed by atoms with Gasteiger partial charge in [0, 0.05) is 12.0 Å². The topological polar surface area (TPSA) is 24.4 Å². The maximum absolute atomic E-state index is 13.2. The molecule has 1 atom stereocenters. The average Bonchev–Trinajstić information content (AvgIpc) is 2.53. The molecule has 0 amide bonds. The van der Waals surface area contributed by atoms with Gasteiger partial charge in [0.2, 0.25) is 0 Å². The molecule has 2 rings (SSSR count). The summed E-state index contributed by atoms with van der Waals surface area (Å²) in [6.45, 7) is 0. The third-order valence-electron chi connectivity index (χ3n) is 1.99. The molecule has 1 aromatic carbocycles. The Kier molecular flexibility index (Phi) is 2.19. The minimum Gasteiger partial charge on any atom is -0.301 e. The summed E-state index contributed by atoms with van der Waals surface area (Å²) >= 11 is 5.67. The third-order valence-corrected chi connectivity index (χ3v) is 2.23. The van der Waals surface area contributed by atoms with Gasteiger partial charge in [-0.25, -0.2) is 4.39 Å². The van der Waals surface area contributed by atoms with Crippen LogP contribution in [0.4, 0.5) is 4.39 Å². The van der Waals surface area contributed by atoms with Gasteiger partial charge in [-0.05, 0) is 6.07 Å². The highest BCUT2D eigenvalue weighted by Gasteiger charge is 2.20. The quantitative estimate of drug-likeness (QED) is 0.737. The van der Waals surface area contributed by atoms with Gasteiger partial charge in [0.1, 0.15) is 11.0 Å². The van der Waals surface area contributed by atoms with Crippen LogP contribution in [0.3, 0.4) is 0 Å². The fourth-order valence-electron chi connectivity index (χ4n) is 1.34. The normalized spacial score (nSPS) is 21.1. The Balaban J connectivity index is 2.23. The van der Waals surface area contributed by atoms with Crippen LogP contribution in [0.15, 0.2) is 29.4 Å². The van der Waals surface area contributed by atoms with Crippen LogP contribution in [-0.4, -0.2) is 5.17 Å². The molecular weight excluding hydrogens is 191 g/mol. The van der Waals surface area contributed by atoms with Gasteiger partial charge in [-0.15, -0.1) is 0 Å². The Morgan fingerprint density at radius 3 is 2.85 bits per heavy atom. The monoisotopic (exact) mass is 198 g/mol. The van der Waals surface area contributed by atoms with E-state index in [2.05, 4.69) is 10.5 Å². The first kappa shape index (κ1) is 8.51. The SMILES string of the molecule is Fc1ccccc1C1CC(Cl)=NN1. The van der Waals surface area contributed by atoms with E-state index in [1.807, 2.05) is 0 Å². The van der Waals surface area contributed by atoms with Crippen molar-refractivity contribution in [2.45, 2.75) is 12.5 Å². The lowest BCUT2D eigenvalue weighted by Gasteiger charge is -2.09.